The third-order valence-corrected chi connectivity index (χ3v) is 2.26. The molecule has 0 radical (unpaired) electrons. The van der Waals surface area contributed by atoms with Crippen molar-refractivity contribution in [1.29, 1.82) is 0 Å². The van der Waals surface area contributed by atoms with Crippen LogP contribution in [0.2, 0.25) is 0 Å². The molecule has 1 heterocycles. The van der Waals surface area contributed by atoms with E-state index in [0.717, 1.165) is 0 Å². The molecule has 13 heavy (non-hydrogen) atoms. The minimum Gasteiger partial charge on any atom is -0.388 e. The lowest BCUT2D eigenvalue weighted by Crippen LogP contribution is -2.45. The second-order valence-corrected chi connectivity index (χ2v) is 4.53. The van der Waals surface area contributed by atoms with Gasteiger partial charge in [-0.05, 0) is 27.2 Å². The highest BCUT2D eigenvalue weighted by Gasteiger charge is 2.38. The van der Waals surface area contributed by atoms with Gasteiger partial charge in [0, 0.05) is 13.1 Å². The Kier molecular flexibility index (Phi) is 2.38. The van der Waals surface area contributed by atoms with Crippen LogP contribution in [-0.4, -0.2) is 45.3 Å². The highest BCUT2D eigenvalue weighted by Crippen LogP contribution is 2.22. The van der Waals surface area contributed by atoms with Gasteiger partial charge in [-0.1, -0.05) is 0 Å². The first-order chi connectivity index (χ1) is 5.72. The molecule has 0 saturated carbocycles. The summed E-state index contributed by atoms with van der Waals surface area (Å²) < 4.78 is 0. The van der Waals surface area contributed by atoms with Crippen LogP contribution in [0.15, 0.2) is 0 Å². The molecule has 76 valence electrons. The van der Waals surface area contributed by atoms with Gasteiger partial charge in [-0.2, -0.15) is 0 Å². The zero-order chi connectivity index (χ0) is 10.3. The summed E-state index contributed by atoms with van der Waals surface area (Å²) in [5.41, 5.74) is -2.12. The number of carbonyl (C=O) groups excluding carboxylic acids is 1. The van der Waals surface area contributed by atoms with Crippen molar-refractivity contribution in [2.24, 2.45) is 0 Å². The molecule has 1 rings (SSSR count). The van der Waals surface area contributed by atoms with E-state index in [0.29, 0.717) is 19.5 Å². The molecule has 1 atom stereocenters. The zero-order valence-electron chi connectivity index (χ0n) is 8.37. The molecular weight excluding hydrogens is 170 g/mol. The molecule has 0 spiro atoms. The lowest BCUT2D eigenvalue weighted by molar-refractivity contribution is -0.147. The Morgan fingerprint density at radius 3 is 2.38 bits per heavy atom. The third kappa shape index (κ3) is 2.42. The normalized spacial score (nSPS) is 29.5. The quantitative estimate of drug-likeness (QED) is 0.594. The Morgan fingerprint density at radius 1 is 1.54 bits per heavy atom. The number of hydrogen-bond acceptors (Lipinski definition) is 3. The molecular formula is C9H17NO3. The predicted molar refractivity (Wildman–Crippen MR) is 48.1 cm³/mol. The highest BCUT2D eigenvalue weighted by atomic mass is 16.3. The van der Waals surface area contributed by atoms with Gasteiger partial charge in [0.2, 0.25) is 0 Å². The lowest BCUT2D eigenvalue weighted by Gasteiger charge is -2.25. The largest absolute Gasteiger partial charge is 0.388 e. The van der Waals surface area contributed by atoms with Gasteiger partial charge < -0.3 is 15.1 Å². The van der Waals surface area contributed by atoms with Gasteiger partial charge in [-0.15, -0.1) is 0 Å². The summed E-state index contributed by atoms with van der Waals surface area (Å²) in [7, 11) is 0. The number of likely N-dealkylation sites (tertiary alicyclic amines) is 1. The molecule has 0 bridgehead atoms. The van der Waals surface area contributed by atoms with E-state index in [4.69, 9.17) is 0 Å². The molecule has 0 aromatic heterocycles. The van der Waals surface area contributed by atoms with Crippen LogP contribution >= 0.6 is 0 Å². The zero-order valence-corrected chi connectivity index (χ0v) is 8.37. The van der Waals surface area contributed by atoms with Crippen molar-refractivity contribution >= 4 is 5.91 Å². The Morgan fingerprint density at radius 2 is 2.08 bits per heavy atom. The minimum atomic E-state index is -1.33. The first kappa shape index (κ1) is 10.5. The smallest absolute Gasteiger partial charge is 0.254 e. The van der Waals surface area contributed by atoms with Crippen molar-refractivity contribution in [2.75, 3.05) is 13.1 Å². The summed E-state index contributed by atoms with van der Waals surface area (Å²) >= 11 is 0. The Hall–Kier alpha value is -0.610. The Balaban J connectivity index is 2.62. The Labute approximate surface area is 78.2 Å². The van der Waals surface area contributed by atoms with Crippen molar-refractivity contribution in [2.45, 2.75) is 38.4 Å². The molecule has 0 aliphatic carbocycles. The van der Waals surface area contributed by atoms with Gasteiger partial charge in [0.1, 0.15) is 5.60 Å². The second-order valence-electron chi connectivity index (χ2n) is 4.53. The van der Waals surface area contributed by atoms with Crippen molar-refractivity contribution in [3.05, 3.63) is 0 Å². The monoisotopic (exact) mass is 187 g/mol. The number of amides is 1. The summed E-state index contributed by atoms with van der Waals surface area (Å²) in [6.07, 6.45) is 0.578. The molecule has 1 amide bonds. The van der Waals surface area contributed by atoms with Gasteiger partial charge in [0.15, 0.2) is 0 Å². The van der Waals surface area contributed by atoms with Crippen LogP contribution in [0.25, 0.3) is 0 Å². The molecule has 1 aliphatic rings. The first-order valence-electron chi connectivity index (χ1n) is 4.46. The van der Waals surface area contributed by atoms with E-state index < -0.39 is 11.2 Å². The van der Waals surface area contributed by atoms with E-state index in [1.165, 1.54) is 18.7 Å². The van der Waals surface area contributed by atoms with Crippen LogP contribution in [0.4, 0.5) is 0 Å². The standard InChI is InChI=1S/C9H17NO3/c1-8(2,12)7(11)10-5-4-9(3,13)6-10/h12-13H,4-6H2,1-3H3. The van der Waals surface area contributed by atoms with Crippen molar-refractivity contribution in [1.82, 2.24) is 4.90 Å². The van der Waals surface area contributed by atoms with E-state index >= 15 is 0 Å². The number of hydrogen-bond donors (Lipinski definition) is 2. The maximum absolute atomic E-state index is 11.5. The fourth-order valence-electron chi connectivity index (χ4n) is 1.51. The first-order valence-corrected chi connectivity index (χ1v) is 4.46. The highest BCUT2D eigenvalue weighted by molar-refractivity contribution is 5.84. The number of nitrogens with zero attached hydrogens (tertiary/aromatic N) is 1. The van der Waals surface area contributed by atoms with Crippen LogP contribution in [-0.2, 0) is 4.79 Å². The molecule has 1 saturated heterocycles. The third-order valence-electron chi connectivity index (χ3n) is 2.26. The van der Waals surface area contributed by atoms with Gasteiger partial charge in [0.05, 0.1) is 5.60 Å². The van der Waals surface area contributed by atoms with Crippen molar-refractivity contribution in [3.63, 3.8) is 0 Å². The molecule has 4 heteroatoms. The Bertz CT molecular complexity index is 217. The molecule has 4 nitrogen and oxygen atoms in total. The van der Waals surface area contributed by atoms with Crippen LogP contribution in [0.1, 0.15) is 27.2 Å². The number of aliphatic hydroxyl groups is 2. The van der Waals surface area contributed by atoms with Crippen LogP contribution in [0.3, 0.4) is 0 Å². The van der Waals surface area contributed by atoms with E-state index in [1.54, 1.807) is 6.92 Å². The summed E-state index contributed by atoms with van der Waals surface area (Å²) in [4.78, 5) is 13.0. The number of β-amino-alcohol motifs (C(OH)–C–C–N with tert-alkyl or cyclic N) is 1. The van der Waals surface area contributed by atoms with Crippen molar-refractivity contribution in [3.8, 4) is 0 Å². The molecule has 1 unspecified atom stereocenters. The van der Waals surface area contributed by atoms with E-state index in [-0.39, 0.29) is 5.91 Å². The molecule has 0 aromatic carbocycles. The van der Waals surface area contributed by atoms with E-state index in [2.05, 4.69) is 0 Å². The van der Waals surface area contributed by atoms with Crippen molar-refractivity contribution < 1.29 is 15.0 Å². The summed E-state index contributed by atoms with van der Waals surface area (Å²) in [6, 6.07) is 0. The maximum Gasteiger partial charge on any atom is 0.254 e. The average Bonchev–Trinajstić information content (AvgIpc) is 2.26. The lowest BCUT2D eigenvalue weighted by atomic mass is 10.1. The number of carbonyl (C=O) groups is 1. The average molecular weight is 187 g/mol. The minimum absolute atomic E-state index is 0.315. The van der Waals surface area contributed by atoms with Gasteiger partial charge >= 0.3 is 0 Å². The van der Waals surface area contributed by atoms with Crippen LogP contribution in [0.5, 0.6) is 0 Å². The summed E-state index contributed by atoms with van der Waals surface area (Å²) in [6.45, 7) is 5.46. The van der Waals surface area contributed by atoms with Crippen LogP contribution < -0.4 is 0 Å². The predicted octanol–water partition coefficient (Wildman–Crippen LogP) is -0.259. The molecule has 1 fully saturated rings. The van der Waals surface area contributed by atoms with Gasteiger partial charge in [-0.25, -0.2) is 0 Å². The fraction of sp³-hybridized carbons (Fsp3) is 0.889. The maximum atomic E-state index is 11.5. The molecule has 2 N–H and O–H groups in total. The van der Waals surface area contributed by atoms with Gasteiger partial charge in [-0.3, -0.25) is 4.79 Å². The van der Waals surface area contributed by atoms with Gasteiger partial charge in [0.25, 0.3) is 5.91 Å². The summed E-state index contributed by atoms with van der Waals surface area (Å²) in [5, 5.41) is 19.0. The topological polar surface area (TPSA) is 60.8 Å². The number of rotatable bonds is 1. The SMILES string of the molecule is CC1(O)CCN(C(=O)C(C)(C)O)C1. The molecule has 0 aromatic rings. The van der Waals surface area contributed by atoms with E-state index in [9.17, 15) is 15.0 Å². The molecule has 1 aliphatic heterocycles. The van der Waals surface area contributed by atoms with E-state index in [1.807, 2.05) is 0 Å². The summed E-state index contributed by atoms with van der Waals surface area (Å²) in [5.74, 6) is -0.315. The second kappa shape index (κ2) is 2.96. The van der Waals surface area contributed by atoms with Crippen LogP contribution in [0, 0.1) is 0 Å². The fourth-order valence-corrected chi connectivity index (χ4v) is 1.51.